The minimum Gasteiger partial charge on any atom is -0.493 e. The van der Waals surface area contributed by atoms with Gasteiger partial charge in [0.2, 0.25) is 0 Å². The molecule has 1 saturated carbocycles. The maximum absolute atomic E-state index is 12.0. The van der Waals surface area contributed by atoms with Gasteiger partial charge in [0.15, 0.2) is 11.5 Å². The van der Waals surface area contributed by atoms with Crippen LogP contribution in [0, 0.1) is 5.92 Å². The van der Waals surface area contributed by atoms with E-state index < -0.39 is 0 Å². The van der Waals surface area contributed by atoms with Gasteiger partial charge in [0.25, 0.3) is 0 Å². The quantitative estimate of drug-likeness (QED) is 0.194. The summed E-state index contributed by atoms with van der Waals surface area (Å²) in [5.74, 6) is 3.23. The number of ether oxygens (including phenoxy) is 2. The van der Waals surface area contributed by atoms with Gasteiger partial charge in [-0.05, 0) is 87.3 Å². The molecule has 2 fully saturated rings. The number of halogens is 1. The van der Waals surface area contributed by atoms with Gasteiger partial charge >= 0.3 is 6.03 Å². The molecule has 1 atom stereocenters. The van der Waals surface area contributed by atoms with E-state index in [1.54, 1.807) is 7.11 Å². The Kier molecular flexibility index (Phi) is 8.97. The van der Waals surface area contributed by atoms with Crippen molar-refractivity contribution in [2.45, 2.75) is 68.6 Å². The van der Waals surface area contributed by atoms with Crippen molar-refractivity contribution in [2.75, 3.05) is 43.6 Å². The number of pyridine rings is 1. The lowest BCUT2D eigenvalue weighted by Crippen LogP contribution is -2.40. The number of hydrogen-bond donors (Lipinski definition) is 1. The first-order valence-electron chi connectivity index (χ1n) is 14.4. The molecule has 2 aromatic rings. The summed E-state index contributed by atoms with van der Waals surface area (Å²) in [6.45, 7) is 11.1. The molecule has 5 rings (SSSR count). The Morgan fingerprint density at radius 1 is 1.20 bits per heavy atom. The van der Waals surface area contributed by atoms with Gasteiger partial charge in [0.1, 0.15) is 9.87 Å². The standard InChI is InChI=1S/C31H42IN5O3/c1-20(2)40-28-18-26-23(17-27(28)39-5)16-21(3)37(30(26)32)25-10-11-29(34-19-25)35(4)14-12-22-6-8-24(9-7-22)36-15-13-33-31(36)38/h10-11,17-20,22,24,30H,3,6-9,12-16H2,1-2,4-5H3,(H,33,38). The number of methoxy groups -OCH3 is 1. The Bertz CT molecular complexity index is 1210. The largest absolute Gasteiger partial charge is 0.493 e. The van der Waals surface area contributed by atoms with Gasteiger partial charge in [-0.3, -0.25) is 0 Å². The van der Waals surface area contributed by atoms with Gasteiger partial charge in [-0.25, -0.2) is 9.78 Å². The van der Waals surface area contributed by atoms with Crippen LogP contribution in [-0.4, -0.2) is 61.9 Å². The Labute approximate surface area is 252 Å². The molecule has 2 amide bonds. The van der Waals surface area contributed by atoms with Crippen LogP contribution in [0.15, 0.2) is 42.7 Å². The average molecular weight is 660 g/mol. The van der Waals surface area contributed by atoms with Crippen LogP contribution in [0.5, 0.6) is 11.5 Å². The molecule has 0 bridgehead atoms. The number of carbonyl (C=O) groups is 1. The third kappa shape index (κ3) is 6.14. The van der Waals surface area contributed by atoms with Gasteiger partial charge in [-0.15, -0.1) is 0 Å². The van der Waals surface area contributed by atoms with E-state index in [-0.39, 0.29) is 16.2 Å². The number of alkyl halides is 1. The Morgan fingerprint density at radius 3 is 2.60 bits per heavy atom. The van der Waals surface area contributed by atoms with E-state index in [4.69, 9.17) is 14.5 Å². The summed E-state index contributed by atoms with van der Waals surface area (Å²) in [6, 6.07) is 9.02. The van der Waals surface area contributed by atoms with Crippen molar-refractivity contribution in [2.24, 2.45) is 5.92 Å². The SMILES string of the molecule is C=C1Cc2cc(OC)c(OC(C)C)cc2C(I)N1c1ccc(N(C)CCC2CCC(N3CCNC3=O)CC2)nc1. The lowest BCUT2D eigenvalue weighted by Gasteiger charge is -2.38. The smallest absolute Gasteiger partial charge is 0.317 e. The molecule has 1 saturated heterocycles. The lowest BCUT2D eigenvalue weighted by molar-refractivity contribution is 0.163. The number of amides is 2. The zero-order chi connectivity index (χ0) is 28.4. The molecule has 3 aliphatic rings. The van der Waals surface area contributed by atoms with Crippen molar-refractivity contribution >= 4 is 40.1 Å². The molecular weight excluding hydrogens is 617 g/mol. The van der Waals surface area contributed by atoms with Crippen molar-refractivity contribution in [1.82, 2.24) is 15.2 Å². The van der Waals surface area contributed by atoms with Crippen LogP contribution in [0.25, 0.3) is 0 Å². The number of nitrogens with zero attached hydrogens (tertiary/aromatic N) is 4. The average Bonchev–Trinajstić information content (AvgIpc) is 3.38. The summed E-state index contributed by atoms with van der Waals surface area (Å²) >= 11 is 2.48. The number of carbonyl (C=O) groups excluding carboxylic acids is 1. The molecule has 1 aromatic carbocycles. The van der Waals surface area contributed by atoms with Crippen LogP contribution in [0.2, 0.25) is 0 Å². The highest BCUT2D eigenvalue weighted by Crippen LogP contribution is 2.46. The number of urea groups is 1. The zero-order valence-electron chi connectivity index (χ0n) is 24.2. The van der Waals surface area contributed by atoms with Crippen LogP contribution in [0.3, 0.4) is 0 Å². The normalized spacial score (nSPS) is 22.8. The number of aromatic nitrogens is 1. The van der Waals surface area contributed by atoms with Crippen LogP contribution in [0.4, 0.5) is 16.3 Å². The summed E-state index contributed by atoms with van der Waals surface area (Å²) in [5.41, 5.74) is 4.51. The van der Waals surface area contributed by atoms with Crippen LogP contribution < -0.4 is 24.6 Å². The fourth-order valence-electron chi connectivity index (χ4n) is 6.23. The first kappa shape index (κ1) is 28.8. The molecule has 0 spiro atoms. The van der Waals surface area contributed by atoms with Crippen molar-refractivity contribution in [1.29, 1.82) is 0 Å². The summed E-state index contributed by atoms with van der Waals surface area (Å²) in [6.07, 6.45) is 8.56. The number of allylic oxidation sites excluding steroid dienone is 1. The second-order valence-electron chi connectivity index (χ2n) is 11.5. The highest BCUT2D eigenvalue weighted by Gasteiger charge is 2.32. The number of fused-ring (bicyclic) bond motifs is 1. The second-order valence-corrected chi connectivity index (χ2v) is 12.7. The van der Waals surface area contributed by atoms with Gasteiger partial charge in [-0.2, -0.15) is 0 Å². The maximum atomic E-state index is 12.0. The summed E-state index contributed by atoms with van der Waals surface area (Å²) in [5, 5.41) is 2.94. The number of hydrogen-bond acceptors (Lipinski definition) is 6. The fourth-order valence-corrected chi connectivity index (χ4v) is 7.53. The van der Waals surface area contributed by atoms with Crippen molar-refractivity contribution in [3.8, 4) is 11.5 Å². The van der Waals surface area contributed by atoms with Crippen molar-refractivity contribution < 1.29 is 14.3 Å². The first-order chi connectivity index (χ1) is 19.2. The third-order valence-electron chi connectivity index (χ3n) is 8.43. The van der Waals surface area contributed by atoms with E-state index >= 15 is 0 Å². The number of nitrogens with one attached hydrogen (secondary N) is 1. The summed E-state index contributed by atoms with van der Waals surface area (Å²) < 4.78 is 11.7. The molecule has 2 aliphatic heterocycles. The molecule has 1 aromatic heterocycles. The van der Waals surface area contributed by atoms with Gasteiger partial charge in [-0.1, -0.05) is 29.2 Å². The fraction of sp³-hybridized carbons (Fsp3) is 0.548. The molecule has 9 heteroatoms. The third-order valence-corrected chi connectivity index (χ3v) is 9.66. The Hall–Kier alpha value is -2.69. The molecule has 0 radical (unpaired) electrons. The predicted molar refractivity (Wildman–Crippen MR) is 169 cm³/mol. The van der Waals surface area contributed by atoms with Crippen molar-refractivity contribution in [3.05, 3.63) is 53.9 Å². The van der Waals surface area contributed by atoms with Crippen LogP contribution in [-0.2, 0) is 6.42 Å². The van der Waals surface area contributed by atoms with E-state index in [0.717, 1.165) is 74.0 Å². The van der Waals surface area contributed by atoms with E-state index in [2.05, 4.69) is 75.6 Å². The Morgan fingerprint density at radius 2 is 1.98 bits per heavy atom. The topological polar surface area (TPSA) is 70.2 Å². The minimum atomic E-state index is 0.0659. The Balaban J connectivity index is 1.19. The second kappa shape index (κ2) is 12.4. The lowest BCUT2D eigenvalue weighted by atomic mass is 9.83. The van der Waals surface area contributed by atoms with Gasteiger partial charge < -0.3 is 29.5 Å². The summed E-state index contributed by atoms with van der Waals surface area (Å²) in [4.78, 5) is 23.4. The van der Waals surface area contributed by atoms with E-state index in [9.17, 15) is 4.79 Å². The molecular formula is C31H42IN5O3. The molecule has 1 unspecified atom stereocenters. The summed E-state index contributed by atoms with van der Waals surface area (Å²) in [7, 11) is 3.81. The number of rotatable bonds is 9. The highest BCUT2D eigenvalue weighted by atomic mass is 127. The van der Waals surface area contributed by atoms with Crippen molar-refractivity contribution in [3.63, 3.8) is 0 Å². The predicted octanol–water partition coefficient (Wildman–Crippen LogP) is 6.30. The number of benzene rings is 1. The van der Waals surface area contributed by atoms with Crippen LogP contribution >= 0.6 is 22.6 Å². The van der Waals surface area contributed by atoms with E-state index in [0.29, 0.717) is 12.0 Å². The minimum absolute atomic E-state index is 0.0659. The number of anilines is 2. The van der Waals surface area contributed by atoms with Gasteiger partial charge in [0.05, 0.1) is 25.1 Å². The molecule has 1 aliphatic carbocycles. The zero-order valence-corrected chi connectivity index (χ0v) is 26.3. The molecule has 1 N–H and O–H groups in total. The van der Waals surface area contributed by atoms with Gasteiger partial charge in [0, 0.05) is 44.8 Å². The molecule has 216 valence electrons. The van der Waals surface area contributed by atoms with E-state index in [1.807, 2.05) is 24.9 Å². The van der Waals surface area contributed by atoms with E-state index in [1.165, 1.54) is 24.0 Å². The molecule has 40 heavy (non-hydrogen) atoms. The highest BCUT2D eigenvalue weighted by molar-refractivity contribution is 14.1. The monoisotopic (exact) mass is 659 g/mol. The first-order valence-corrected chi connectivity index (χ1v) is 15.7. The molecule has 8 nitrogen and oxygen atoms in total. The van der Waals surface area contributed by atoms with Crippen LogP contribution in [0.1, 0.15) is 61.1 Å². The molecule has 3 heterocycles. The maximum Gasteiger partial charge on any atom is 0.317 e.